The molecule has 12 heteroatoms. The van der Waals surface area contributed by atoms with Crippen molar-refractivity contribution in [3.05, 3.63) is 63.1 Å². The van der Waals surface area contributed by atoms with E-state index >= 15 is 0 Å². The Morgan fingerprint density at radius 1 is 1.16 bits per heavy atom. The molecular formula is C26H30Cl2N4O5S. The Labute approximate surface area is 232 Å². The summed E-state index contributed by atoms with van der Waals surface area (Å²) in [5.74, 6) is 0.390. The van der Waals surface area contributed by atoms with Gasteiger partial charge in [0.15, 0.2) is 0 Å². The van der Waals surface area contributed by atoms with Gasteiger partial charge in [-0.3, -0.25) is 14.6 Å². The number of nitrogens with one attached hydrogen (secondary N) is 1. The Morgan fingerprint density at radius 3 is 2.50 bits per heavy atom. The van der Waals surface area contributed by atoms with E-state index in [2.05, 4.69) is 10.3 Å². The van der Waals surface area contributed by atoms with Crippen LogP contribution < -0.4 is 10.1 Å². The van der Waals surface area contributed by atoms with E-state index in [-0.39, 0.29) is 50.1 Å². The van der Waals surface area contributed by atoms with Crippen LogP contribution in [0, 0.1) is 6.92 Å². The van der Waals surface area contributed by atoms with Crippen molar-refractivity contribution in [2.45, 2.75) is 31.7 Å². The van der Waals surface area contributed by atoms with Crippen LogP contribution in [0.5, 0.6) is 5.75 Å². The maximum Gasteiger partial charge on any atom is 0.253 e. The van der Waals surface area contributed by atoms with Crippen molar-refractivity contribution in [2.24, 2.45) is 4.99 Å². The number of rotatable bonds is 8. The monoisotopic (exact) mass is 580 g/mol. The van der Waals surface area contributed by atoms with Gasteiger partial charge >= 0.3 is 0 Å². The summed E-state index contributed by atoms with van der Waals surface area (Å²) in [5, 5.41) is 3.60. The standard InChI is InChI=1S/C26H30Cl2N4O5S/c1-17-14-19(24(33)31(2)3)5-4-18(17)8-13-38(35,36)32-11-9-26(10-12-32)25(34)29-23(30-26)16-37-22-7-6-20(27)15-21(22)28/h4-7,14-15H,8-13,16H2,1-3H3,(H,29,30,34). The smallest absolute Gasteiger partial charge is 0.253 e. The van der Waals surface area contributed by atoms with Crippen molar-refractivity contribution < 1.29 is 22.7 Å². The summed E-state index contributed by atoms with van der Waals surface area (Å²) in [5.41, 5.74) is 1.32. The van der Waals surface area contributed by atoms with Crippen LogP contribution in [0.2, 0.25) is 10.0 Å². The first kappa shape index (κ1) is 28.4. The number of carbonyl (C=O) groups excluding carboxylic acids is 2. The summed E-state index contributed by atoms with van der Waals surface area (Å²) >= 11 is 12.0. The molecule has 0 bridgehead atoms. The Morgan fingerprint density at radius 2 is 1.87 bits per heavy atom. The molecule has 38 heavy (non-hydrogen) atoms. The predicted octanol–water partition coefficient (Wildman–Crippen LogP) is 3.32. The Bertz CT molecular complexity index is 1390. The molecule has 2 aliphatic rings. The number of nitrogens with zero attached hydrogens (tertiary/aromatic N) is 3. The lowest BCUT2D eigenvalue weighted by atomic mass is 9.89. The fourth-order valence-electron chi connectivity index (χ4n) is 4.60. The number of piperidine rings is 1. The lowest BCUT2D eigenvalue weighted by Gasteiger charge is -2.34. The zero-order valence-electron chi connectivity index (χ0n) is 21.5. The van der Waals surface area contributed by atoms with E-state index in [9.17, 15) is 18.0 Å². The average Bonchev–Trinajstić information content (AvgIpc) is 3.16. The summed E-state index contributed by atoms with van der Waals surface area (Å²) in [6, 6.07) is 10.2. The molecule has 2 aliphatic heterocycles. The number of hydrogen-bond acceptors (Lipinski definition) is 6. The largest absolute Gasteiger partial charge is 0.484 e. The van der Waals surface area contributed by atoms with Crippen molar-refractivity contribution >= 4 is 50.9 Å². The van der Waals surface area contributed by atoms with Crippen LogP contribution in [0.25, 0.3) is 0 Å². The van der Waals surface area contributed by atoms with Crippen molar-refractivity contribution in [3.63, 3.8) is 0 Å². The van der Waals surface area contributed by atoms with Gasteiger partial charge in [-0.05, 0) is 67.6 Å². The van der Waals surface area contributed by atoms with E-state index < -0.39 is 15.6 Å². The highest BCUT2D eigenvalue weighted by Gasteiger charge is 2.47. The van der Waals surface area contributed by atoms with Crippen LogP contribution in [0.15, 0.2) is 41.4 Å². The van der Waals surface area contributed by atoms with Crippen LogP contribution in [-0.4, -0.2) is 80.4 Å². The number of amides is 2. The van der Waals surface area contributed by atoms with Crippen LogP contribution in [-0.2, 0) is 21.2 Å². The molecule has 2 aromatic rings. The molecule has 204 valence electrons. The van der Waals surface area contributed by atoms with Crippen molar-refractivity contribution in [3.8, 4) is 5.75 Å². The molecule has 1 fully saturated rings. The maximum atomic E-state index is 13.1. The predicted molar refractivity (Wildman–Crippen MR) is 148 cm³/mol. The highest BCUT2D eigenvalue weighted by molar-refractivity contribution is 7.89. The summed E-state index contributed by atoms with van der Waals surface area (Å²) in [7, 11) is -0.166. The Balaban J connectivity index is 1.34. The minimum absolute atomic E-state index is 0.0230. The van der Waals surface area contributed by atoms with Gasteiger partial charge in [0.2, 0.25) is 10.0 Å². The molecular weight excluding hydrogens is 551 g/mol. The van der Waals surface area contributed by atoms with Gasteiger partial charge in [-0.25, -0.2) is 12.7 Å². The van der Waals surface area contributed by atoms with E-state index in [1.54, 1.807) is 44.4 Å². The van der Waals surface area contributed by atoms with Crippen LogP contribution in [0.3, 0.4) is 0 Å². The molecule has 0 unspecified atom stereocenters. The normalized spacial score (nSPS) is 17.3. The average molecular weight is 582 g/mol. The third-order valence-corrected chi connectivity index (χ3v) is 9.26. The molecule has 1 saturated heterocycles. The number of ether oxygens (including phenoxy) is 1. The lowest BCUT2D eigenvalue weighted by Crippen LogP contribution is -2.51. The molecule has 0 atom stereocenters. The summed E-state index contributed by atoms with van der Waals surface area (Å²) in [6.45, 7) is 2.30. The third-order valence-electron chi connectivity index (χ3n) is 6.86. The number of benzene rings is 2. The number of aryl methyl sites for hydroxylation is 2. The van der Waals surface area contributed by atoms with Crippen molar-refractivity contribution in [1.29, 1.82) is 0 Å². The molecule has 2 heterocycles. The summed E-state index contributed by atoms with van der Waals surface area (Å²) in [6.07, 6.45) is 0.896. The molecule has 0 aliphatic carbocycles. The summed E-state index contributed by atoms with van der Waals surface area (Å²) < 4.78 is 33.3. The molecule has 0 saturated carbocycles. The minimum atomic E-state index is -3.54. The first-order chi connectivity index (χ1) is 17.9. The van der Waals surface area contributed by atoms with Crippen LogP contribution in [0.1, 0.15) is 34.3 Å². The topological polar surface area (TPSA) is 108 Å². The van der Waals surface area contributed by atoms with Gasteiger partial charge in [-0.2, -0.15) is 0 Å². The number of carbonyl (C=O) groups is 2. The van der Waals surface area contributed by atoms with E-state index in [1.165, 1.54) is 9.21 Å². The second-order valence-corrected chi connectivity index (χ2v) is 12.6. The first-order valence-corrected chi connectivity index (χ1v) is 14.5. The molecule has 2 amide bonds. The molecule has 2 aromatic carbocycles. The summed E-state index contributed by atoms with van der Waals surface area (Å²) in [4.78, 5) is 31.1. The van der Waals surface area contributed by atoms with Gasteiger partial charge in [-0.1, -0.05) is 29.3 Å². The molecule has 0 aromatic heterocycles. The third kappa shape index (κ3) is 6.14. The molecule has 4 rings (SSSR count). The van der Waals surface area contributed by atoms with Crippen LogP contribution in [0.4, 0.5) is 0 Å². The van der Waals surface area contributed by atoms with Gasteiger partial charge in [-0.15, -0.1) is 0 Å². The van der Waals surface area contributed by atoms with Crippen molar-refractivity contribution in [1.82, 2.24) is 14.5 Å². The zero-order valence-corrected chi connectivity index (χ0v) is 23.8. The highest BCUT2D eigenvalue weighted by Crippen LogP contribution is 2.32. The number of halogens is 2. The van der Waals surface area contributed by atoms with Gasteiger partial charge in [0.05, 0.1) is 10.8 Å². The number of amidine groups is 1. The lowest BCUT2D eigenvalue weighted by molar-refractivity contribution is -0.124. The molecule has 9 nitrogen and oxygen atoms in total. The van der Waals surface area contributed by atoms with Gasteiger partial charge < -0.3 is 15.0 Å². The second-order valence-electron chi connectivity index (χ2n) is 9.71. The number of aliphatic imine (C=N–C) groups is 1. The zero-order chi connectivity index (χ0) is 27.7. The maximum absolute atomic E-state index is 13.1. The van der Waals surface area contributed by atoms with Gasteiger partial charge in [0.1, 0.15) is 23.7 Å². The fraction of sp³-hybridized carbons (Fsp3) is 0.423. The molecule has 1 spiro atoms. The fourth-order valence-corrected chi connectivity index (χ4v) is 6.54. The Kier molecular flexibility index (Phi) is 8.37. The molecule has 0 radical (unpaired) electrons. The Hall–Kier alpha value is -2.66. The number of sulfonamides is 1. The van der Waals surface area contributed by atoms with Crippen molar-refractivity contribution in [2.75, 3.05) is 39.5 Å². The van der Waals surface area contributed by atoms with E-state index in [4.69, 9.17) is 27.9 Å². The quantitative estimate of drug-likeness (QED) is 0.515. The van der Waals surface area contributed by atoms with Gasteiger partial charge in [0.25, 0.3) is 11.8 Å². The van der Waals surface area contributed by atoms with E-state index in [1.807, 2.05) is 13.0 Å². The first-order valence-electron chi connectivity index (χ1n) is 12.2. The van der Waals surface area contributed by atoms with E-state index in [0.29, 0.717) is 33.6 Å². The highest BCUT2D eigenvalue weighted by atomic mass is 35.5. The second kappa shape index (κ2) is 11.2. The minimum Gasteiger partial charge on any atom is -0.484 e. The van der Waals surface area contributed by atoms with Gasteiger partial charge in [0, 0.05) is 37.8 Å². The number of hydrogen-bond donors (Lipinski definition) is 1. The SMILES string of the molecule is Cc1cc(C(=O)N(C)C)ccc1CCS(=O)(=O)N1CCC2(CC1)N=C(COc1ccc(Cl)cc1Cl)NC2=O. The molecule has 1 N–H and O–H groups in total. The van der Waals surface area contributed by atoms with Crippen LogP contribution >= 0.6 is 23.2 Å². The van der Waals surface area contributed by atoms with E-state index in [0.717, 1.165) is 11.1 Å².